The minimum absolute atomic E-state index is 0.448. The van der Waals surface area contributed by atoms with Gasteiger partial charge >= 0.3 is 0 Å². The molecule has 0 aromatic heterocycles. The van der Waals surface area contributed by atoms with Crippen molar-refractivity contribution in [1.29, 1.82) is 0 Å². The third-order valence-electron chi connectivity index (χ3n) is 7.54. The van der Waals surface area contributed by atoms with Crippen LogP contribution < -0.4 is 0 Å². The molecule has 0 aliphatic heterocycles. The third kappa shape index (κ3) is 4.61. The predicted molar refractivity (Wildman–Crippen MR) is 97.0 cm³/mol. The molecule has 0 unspecified atom stereocenters. The molecule has 0 bridgehead atoms. The second-order valence-electron chi connectivity index (χ2n) is 8.98. The lowest BCUT2D eigenvalue weighted by molar-refractivity contribution is 0.110. The van der Waals surface area contributed by atoms with E-state index in [1.54, 1.807) is 0 Å². The van der Waals surface area contributed by atoms with Crippen LogP contribution in [0.3, 0.4) is 0 Å². The lowest BCUT2D eigenvalue weighted by Gasteiger charge is -2.42. The smallest absolute Gasteiger partial charge is 0.173 e. The molecule has 0 heterocycles. The van der Waals surface area contributed by atoms with Gasteiger partial charge in [0.25, 0.3) is 6.08 Å². The van der Waals surface area contributed by atoms with Gasteiger partial charge in [0.05, 0.1) is 0 Å². The van der Waals surface area contributed by atoms with Gasteiger partial charge in [-0.05, 0) is 86.5 Å². The van der Waals surface area contributed by atoms with E-state index in [1.807, 2.05) is 0 Å². The van der Waals surface area contributed by atoms with Crippen LogP contribution in [0.5, 0.6) is 0 Å². The second-order valence-corrected chi connectivity index (χ2v) is 8.98. The summed E-state index contributed by atoms with van der Waals surface area (Å²) in [6.45, 7) is 2.29. The van der Waals surface area contributed by atoms with Gasteiger partial charge in [-0.25, -0.2) is 0 Å². The molecule has 2 heteroatoms. The van der Waals surface area contributed by atoms with Crippen molar-refractivity contribution in [3.8, 4) is 0 Å². The van der Waals surface area contributed by atoms with E-state index >= 15 is 0 Å². The van der Waals surface area contributed by atoms with Gasteiger partial charge in [-0.3, -0.25) is 0 Å². The minimum Gasteiger partial charge on any atom is -0.173 e. The van der Waals surface area contributed by atoms with Gasteiger partial charge in [-0.15, -0.1) is 0 Å². The number of halogens is 2. The number of hydrogen-bond donors (Lipinski definition) is 0. The lowest BCUT2D eigenvalue weighted by atomic mass is 9.63. The monoisotopic (exact) mass is 338 g/mol. The van der Waals surface area contributed by atoms with Crippen LogP contribution in [0.1, 0.15) is 96.8 Å². The SMILES string of the molecule is CCCCC[C@H]1CC[C@H](C2CCC(C3CC(=C(F)F)C3)CC2)CC1. The molecule has 0 N–H and O–H groups in total. The maximum Gasteiger partial charge on any atom is 0.269 e. The van der Waals surface area contributed by atoms with Crippen molar-refractivity contribution < 1.29 is 8.78 Å². The Morgan fingerprint density at radius 3 is 1.75 bits per heavy atom. The molecule has 0 aromatic carbocycles. The fourth-order valence-electron chi connectivity index (χ4n) is 5.78. The van der Waals surface area contributed by atoms with E-state index in [1.165, 1.54) is 77.0 Å². The van der Waals surface area contributed by atoms with Crippen LogP contribution in [-0.4, -0.2) is 0 Å². The van der Waals surface area contributed by atoms with Crippen molar-refractivity contribution in [2.45, 2.75) is 96.8 Å². The van der Waals surface area contributed by atoms with Crippen molar-refractivity contribution >= 4 is 0 Å². The highest BCUT2D eigenvalue weighted by molar-refractivity contribution is 5.14. The van der Waals surface area contributed by atoms with Crippen molar-refractivity contribution in [1.82, 2.24) is 0 Å². The number of rotatable bonds is 6. The molecule has 0 saturated heterocycles. The summed E-state index contributed by atoms with van der Waals surface area (Å²) in [5.74, 6) is 4.27. The fraction of sp³-hybridized carbons (Fsp3) is 0.909. The first-order valence-corrected chi connectivity index (χ1v) is 10.7. The van der Waals surface area contributed by atoms with Gasteiger partial charge in [0.2, 0.25) is 0 Å². The molecule has 138 valence electrons. The van der Waals surface area contributed by atoms with Crippen molar-refractivity contribution in [2.24, 2.45) is 29.6 Å². The van der Waals surface area contributed by atoms with E-state index in [4.69, 9.17) is 0 Å². The van der Waals surface area contributed by atoms with Gasteiger partial charge in [0.1, 0.15) is 0 Å². The van der Waals surface area contributed by atoms with Crippen LogP contribution in [0.25, 0.3) is 0 Å². The van der Waals surface area contributed by atoms with E-state index in [0.29, 0.717) is 24.3 Å². The Hall–Kier alpha value is -0.400. The Morgan fingerprint density at radius 1 is 0.750 bits per heavy atom. The lowest BCUT2D eigenvalue weighted by Crippen LogP contribution is -2.31. The average Bonchev–Trinajstić information content (AvgIpc) is 2.55. The standard InChI is InChI=1S/C22H36F2/c1-2-3-4-5-16-6-8-17(9-7-16)18-10-12-19(13-11-18)20-14-21(15-20)22(23)24/h16-20H,2-15H2,1H3/t16-,17-,18?,19?. The molecule has 3 saturated carbocycles. The summed E-state index contributed by atoms with van der Waals surface area (Å²) in [6.07, 6.45) is 16.9. The summed E-state index contributed by atoms with van der Waals surface area (Å²) in [4.78, 5) is 0. The largest absolute Gasteiger partial charge is 0.269 e. The highest BCUT2D eigenvalue weighted by Crippen LogP contribution is 2.49. The number of hydrogen-bond acceptors (Lipinski definition) is 0. The van der Waals surface area contributed by atoms with Crippen LogP contribution in [0.15, 0.2) is 11.7 Å². The molecule has 0 radical (unpaired) electrons. The Bertz CT molecular complexity index is 400. The highest BCUT2D eigenvalue weighted by Gasteiger charge is 2.37. The van der Waals surface area contributed by atoms with Crippen molar-refractivity contribution in [3.63, 3.8) is 0 Å². The van der Waals surface area contributed by atoms with E-state index < -0.39 is 6.08 Å². The maximum atomic E-state index is 12.5. The van der Waals surface area contributed by atoms with Crippen LogP contribution in [0.4, 0.5) is 8.78 Å². The molecule has 3 fully saturated rings. The molecule has 0 nitrogen and oxygen atoms in total. The molecule has 0 atom stereocenters. The summed E-state index contributed by atoms with van der Waals surface area (Å²) in [5.41, 5.74) is 0.448. The average molecular weight is 339 g/mol. The normalized spacial score (nSPS) is 37.1. The van der Waals surface area contributed by atoms with E-state index in [0.717, 1.165) is 23.7 Å². The second kappa shape index (κ2) is 8.81. The Kier molecular flexibility index (Phi) is 6.75. The minimum atomic E-state index is -1.39. The van der Waals surface area contributed by atoms with E-state index in [9.17, 15) is 8.78 Å². The molecule has 24 heavy (non-hydrogen) atoms. The molecule has 0 amide bonds. The van der Waals surface area contributed by atoms with Gasteiger partial charge in [-0.1, -0.05) is 45.4 Å². The highest BCUT2D eigenvalue weighted by atomic mass is 19.3. The maximum absolute atomic E-state index is 12.5. The van der Waals surface area contributed by atoms with Crippen LogP contribution in [0, 0.1) is 29.6 Å². The quantitative estimate of drug-likeness (QED) is 0.434. The molecule has 0 aromatic rings. The van der Waals surface area contributed by atoms with Gasteiger partial charge in [0.15, 0.2) is 0 Å². The third-order valence-corrected chi connectivity index (χ3v) is 7.54. The fourth-order valence-corrected chi connectivity index (χ4v) is 5.78. The number of allylic oxidation sites excluding steroid dienone is 1. The zero-order valence-electron chi connectivity index (χ0n) is 15.5. The van der Waals surface area contributed by atoms with Crippen molar-refractivity contribution in [2.75, 3.05) is 0 Å². The predicted octanol–water partition coefficient (Wildman–Crippen LogP) is 7.74. The zero-order valence-corrected chi connectivity index (χ0v) is 15.5. The van der Waals surface area contributed by atoms with Gasteiger partial charge in [-0.2, -0.15) is 8.78 Å². The molecular formula is C22H36F2. The topological polar surface area (TPSA) is 0 Å². The Labute approximate surface area is 147 Å². The van der Waals surface area contributed by atoms with Gasteiger partial charge in [0, 0.05) is 0 Å². The Balaban J connectivity index is 1.34. The van der Waals surface area contributed by atoms with Crippen LogP contribution in [0.2, 0.25) is 0 Å². The summed E-state index contributed by atoms with van der Waals surface area (Å²) in [7, 11) is 0. The molecule has 3 aliphatic rings. The number of unbranched alkanes of at least 4 members (excludes halogenated alkanes) is 2. The van der Waals surface area contributed by atoms with Gasteiger partial charge < -0.3 is 0 Å². The molecular weight excluding hydrogens is 302 g/mol. The van der Waals surface area contributed by atoms with Crippen LogP contribution in [-0.2, 0) is 0 Å². The summed E-state index contributed by atoms with van der Waals surface area (Å²) >= 11 is 0. The van der Waals surface area contributed by atoms with Crippen molar-refractivity contribution in [3.05, 3.63) is 11.7 Å². The first-order valence-electron chi connectivity index (χ1n) is 10.7. The molecule has 3 rings (SSSR count). The summed E-state index contributed by atoms with van der Waals surface area (Å²) in [5, 5.41) is 0. The first-order chi connectivity index (χ1) is 11.7. The Morgan fingerprint density at radius 2 is 1.25 bits per heavy atom. The molecule has 3 aliphatic carbocycles. The summed E-state index contributed by atoms with van der Waals surface area (Å²) in [6, 6.07) is 0. The zero-order chi connectivity index (χ0) is 16.9. The van der Waals surface area contributed by atoms with E-state index in [-0.39, 0.29) is 0 Å². The van der Waals surface area contributed by atoms with E-state index in [2.05, 4.69) is 6.92 Å². The first kappa shape index (κ1) is 18.4. The van der Waals surface area contributed by atoms with Crippen LogP contribution >= 0.6 is 0 Å². The molecule has 0 spiro atoms. The summed E-state index contributed by atoms with van der Waals surface area (Å²) < 4.78 is 25.1.